The van der Waals surface area contributed by atoms with E-state index >= 15 is 0 Å². The van der Waals surface area contributed by atoms with Gasteiger partial charge in [0, 0.05) is 0 Å². The molecule has 0 aliphatic rings. The monoisotopic (exact) mass is 80.0 g/mol. The van der Waals surface area contributed by atoms with Gasteiger partial charge < -0.3 is 4.42 Å². The Morgan fingerprint density at radius 2 is 1.80 bits per heavy atom. The summed E-state index contributed by atoms with van der Waals surface area (Å²) < 4.78 is 23.9. The van der Waals surface area contributed by atoms with Gasteiger partial charge in [0.15, 0.2) is 0 Å². The van der Waals surface area contributed by atoms with Crippen molar-refractivity contribution in [3.05, 3.63) is 6.61 Å². The van der Waals surface area contributed by atoms with E-state index in [-0.39, 0.29) is 0 Å². The lowest BCUT2D eigenvalue weighted by Gasteiger charge is -1.71. The zero-order valence-corrected chi connectivity index (χ0v) is 2.37. The Balaban J connectivity index is 2.83. The third kappa shape index (κ3) is 3.40. The molecular weight excluding hydrogens is 78.0 g/mol. The first-order valence-corrected chi connectivity index (χ1v) is 0.871. The van der Waals surface area contributed by atoms with Gasteiger partial charge >= 0.3 is 6.61 Å². The van der Waals surface area contributed by atoms with E-state index in [1.54, 1.807) is 0 Å². The van der Waals surface area contributed by atoms with E-state index in [4.69, 9.17) is 0 Å². The Morgan fingerprint density at radius 3 is 1.80 bits per heavy atom. The summed E-state index contributed by atoms with van der Waals surface area (Å²) in [4.78, 5) is 0. The second-order valence-electron chi connectivity index (χ2n) is 0.370. The lowest BCUT2D eigenvalue weighted by molar-refractivity contribution is -0.492. The Hall–Kier alpha value is -0.600. The molecule has 0 bridgehead atoms. The summed E-state index contributed by atoms with van der Waals surface area (Å²) in [6, 6.07) is 0. The van der Waals surface area contributed by atoms with Gasteiger partial charge in [0.2, 0.25) is 0 Å². The largest absolute Gasteiger partial charge is 0.529 e. The van der Waals surface area contributed by atoms with Gasteiger partial charge in [0.25, 0.3) is 0 Å². The molecule has 0 aliphatic heterocycles. The second kappa shape index (κ2) is 1.69. The van der Waals surface area contributed by atoms with Gasteiger partial charge in [-0.05, 0) is 0 Å². The molecule has 0 amide bonds. The van der Waals surface area contributed by atoms with Crippen molar-refractivity contribution in [2.24, 2.45) is 0 Å². The Bertz CT molecular complexity index is 34.6. The van der Waals surface area contributed by atoms with E-state index in [0.29, 0.717) is 0 Å². The molecule has 0 aromatic carbocycles. The average Bonchev–Trinajstić information content (AvgIpc) is 1.38. The van der Waals surface area contributed by atoms with Crippen LogP contribution in [0.3, 0.4) is 0 Å². The lowest BCUT2D eigenvalue weighted by Crippen LogP contribution is -1.70. The molecule has 1 nitrogen and oxygen atoms in total. The summed E-state index contributed by atoms with van der Waals surface area (Å²) in [5.41, 5.74) is 0. The van der Waals surface area contributed by atoms with Gasteiger partial charge in [-0.3, -0.25) is 0 Å². The molecule has 0 aromatic heterocycles. The quantitative estimate of drug-likeness (QED) is 0.325. The maximum Gasteiger partial charge on any atom is 0.529 e. The summed E-state index contributed by atoms with van der Waals surface area (Å²) in [5, 5.41) is 0. The van der Waals surface area contributed by atoms with Crippen molar-refractivity contribution in [3.8, 4) is 0 Å². The highest BCUT2D eigenvalue weighted by molar-refractivity contribution is 5.12. The summed E-state index contributed by atoms with van der Waals surface area (Å²) in [6.45, 7) is 0.292. The number of halogens is 2. The van der Waals surface area contributed by atoms with E-state index in [2.05, 4.69) is 11.2 Å². The standard InChI is InChI=1S/C2H2F2O/c1-5-2(3)4/h1H2. The highest BCUT2D eigenvalue weighted by atomic mass is 19.3. The second-order valence-corrected chi connectivity index (χ2v) is 0.370. The molecular formula is C2H2F2O. The zero-order valence-electron chi connectivity index (χ0n) is 2.37. The molecule has 0 unspecified atom stereocenters. The molecule has 5 heavy (non-hydrogen) atoms. The summed E-state index contributed by atoms with van der Waals surface area (Å²) >= 11 is 0. The van der Waals surface area contributed by atoms with Crippen LogP contribution in [0.4, 0.5) is 8.78 Å². The van der Waals surface area contributed by atoms with Crippen molar-refractivity contribution in [1.82, 2.24) is 0 Å². The molecule has 0 saturated heterocycles. The topological polar surface area (TPSA) is 11.3 Å². The van der Waals surface area contributed by atoms with Gasteiger partial charge in [-0.15, -0.1) is 0 Å². The number of rotatable bonds is 1. The molecule has 0 spiro atoms. The minimum Gasteiger partial charge on any atom is -0.346 e. The lowest BCUT2D eigenvalue weighted by atomic mass is 11.5. The molecule has 0 rings (SSSR count). The van der Waals surface area contributed by atoms with E-state index in [9.17, 15) is 8.78 Å². The van der Waals surface area contributed by atoms with Crippen molar-refractivity contribution >= 4 is 6.79 Å². The molecule has 0 fully saturated rings. The highest BCUT2D eigenvalue weighted by Gasteiger charge is 1.95. The van der Waals surface area contributed by atoms with Gasteiger partial charge in [-0.2, -0.15) is 8.78 Å². The van der Waals surface area contributed by atoms with Gasteiger partial charge in [-0.1, -0.05) is 0 Å². The summed E-state index contributed by atoms with van der Waals surface area (Å²) in [6.07, 6.45) is 0. The zero-order chi connectivity index (χ0) is 4.28. The molecule has 0 radical (unpaired) electrons. The van der Waals surface area contributed by atoms with Crippen LogP contribution in [0.2, 0.25) is 0 Å². The van der Waals surface area contributed by atoms with Crippen molar-refractivity contribution in [1.29, 1.82) is 0 Å². The van der Waals surface area contributed by atoms with Gasteiger partial charge in [0.1, 0.15) is 6.79 Å². The first-order chi connectivity index (χ1) is 2.27. The molecule has 0 N–H and O–H groups in total. The fraction of sp³-hybridized carbons (Fsp3) is 0. The van der Waals surface area contributed by atoms with Crippen LogP contribution in [-0.4, -0.2) is 6.79 Å². The van der Waals surface area contributed by atoms with E-state index in [0.717, 1.165) is 0 Å². The van der Waals surface area contributed by atoms with Crippen LogP contribution < -0.4 is 0 Å². The van der Waals surface area contributed by atoms with Crippen molar-refractivity contribution in [3.63, 3.8) is 0 Å². The van der Waals surface area contributed by atoms with Gasteiger partial charge in [0.05, 0.1) is 0 Å². The first kappa shape index (κ1) is 4.40. The van der Waals surface area contributed by atoms with Crippen molar-refractivity contribution in [2.45, 2.75) is 0 Å². The predicted molar refractivity (Wildman–Crippen MR) is 12.6 cm³/mol. The molecule has 0 aromatic rings. The van der Waals surface area contributed by atoms with Crippen LogP contribution in [-0.2, 0) is 4.42 Å². The normalized spacial score (nSPS) is 6.80. The fourth-order valence-corrected chi connectivity index (χ4v) is 0. The molecule has 0 atom stereocenters. The maximum absolute atomic E-state index is 10.4. The minimum atomic E-state index is -2.11. The first-order valence-electron chi connectivity index (χ1n) is 0.871. The van der Waals surface area contributed by atoms with Gasteiger partial charge in [-0.25, -0.2) is 0 Å². The third-order valence-corrected chi connectivity index (χ3v) is 0.109. The van der Waals surface area contributed by atoms with Crippen LogP contribution in [0.1, 0.15) is 0 Å². The molecule has 30 valence electrons. The Morgan fingerprint density at radius 1 is 1.60 bits per heavy atom. The van der Waals surface area contributed by atoms with Crippen LogP contribution in [0.25, 0.3) is 0 Å². The highest BCUT2D eigenvalue weighted by Crippen LogP contribution is 1.94. The summed E-state index contributed by atoms with van der Waals surface area (Å²) in [5.74, 6) is 0. The Kier molecular flexibility index (Phi) is 1.49. The number of carbonyl (C=O) groups excluding carboxylic acids is 1. The van der Waals surface area contributed by atoms with E-state index in [1.807, 2.05) is 0 Å². The smallest absolute Gasteiger partial charge is 0.346 e. The maximum atomic E-state index is 10.4. The summed E-state index contributed by atoms with van der Waals surface area (Å²) in [7, 11) is 0. The molecule has 0 heterocycles. The molecule has 0 aliphatic carbocycles. The SMILES string of the molecule is C=[O+][C-](F)F. The van der Waals surface area contributed by atoms with Crippen LogP contribution >= 0.6 is 0 Å². The fourth-order valence-electron chi connectivity index (χ4n) is 0. The molecule has 3 heteroatoms. The van der Waals surface area contributed by atoms with E-state index in [1.165, 1.54) is 0 Å². The molecule has 0 saturated carbocycles. The number of hydrogen-bond acceptors (Lipinski definition) is 0. The van der Waals surface area contributed by atoms with Crippen molar-refractivity contribution in [2.75, 3.05) is 0 Å². The Labute approximate surface area is 27.9 Å². The predicted octanol–water partition coefficient (Wildman–Crippen LogP) is 0.737. The van der Waals surface area contributed by atoms with Crippen LogP contribution in [0.15, 0.2) is 0 Å². The minimum absolute atomic E-state index is 2.11. The van der Waals surface area contributed by atoms with Crippen molar-refractivity contribution < 1.29 is 13.2 Å². The number of hydrogen-bond donors (Lipinski definition) is 0. The van der Waals surface area contributed by atoms with E-state index < -0.39 is 6.61 Å². The van der Waals surface area contributed by atoms with Crippen LogP contribution in [0.5, 0.6) is 0 Å². The van der Waals surface area contributed by atoms with Crippen LogP contribution in [0, 0.1) is 6.61 Å². The third-order valence-electron chi connectivity index (χ3n) is 0.109. The average molecular weight is 80.0 g/mol.